The molecule has 0 aliphatic rings. The third-order valence-electron chi connectivity index (χ3n) is 2.60. The van der Waals surface area contributed by atoms with Gasteiger partial charge < -0.3 is 9.73 Å². The van der Waals surface area contributed by atoms with Gasteiger partial charge in [0.05, 0.1) is 12.3 Å². The van der Waals surface area contributed by atoms with Crippen molar-refractivity contribution in [3.63, 3.8) is 0 Å². The Kier molecular flexibility index (Phi) is 4.52. The molecule has 2 aromatic heterocycles. The number of carbonyl (C=O) groups is 1. The average Bonchev–Trinajstić information content (AvgIpc) is 3.04. The highest BCUT2D eigenvalue weighted by molar-refractivity contribution is 7.09. The van der Waals surface area contributed by atoms with Gasteiger partial charge in [0.2, 0.25) is 5.91 Å². The van der Waals surface area contributed by atoms with Crippen LogP contribution in [0.15, 0.2) is 34.3 Å². The quantitative estimate of drug-likeness (QED) is 0.852. The molecule has 4 nitrogen and oxygen atoms in total. The molecule has 5 heteroatoms. The van der Waals surface area contributed by atoms with E-state index >= 15 is 0 Å². The van der Waals surface area contributed by atoms with Crippen molar-refractivity contribution >= 4 is 23.3 Å². The minimum Gasteiger partial charge on any atom is -0.465 e. The lowest BCUT2D eigenvalue weighted by Gasteiger charge is -2.12. The van der Waals surface area contributed by atoms with Crippen LogP contribution in [-0.2, 0) is 4.79 Å². The Hall–Kier alpha value is -1.88. The number of rotatable bonds is 5. The van der Waals surface area contributed by atoms with Crippen LogP contribution in [0, 0.1) is 6.92 Å². The largest absolute Gasteiger partial charge is 0.465 e. The van der Waals surface area contributed by atoms with Gasteiger partial charge in [-0.05, 0) is 31.6 Å². The van der Waals surface area contributed by atoms with Crippen LogP contribution in [0.4, 0.5) is 0 Å². The second-order valence-electron chi connectivity index (χ2n) is 4.15. The zero-order valence-corrected chi connectivity index (χ0v) is 11.7. The van der Waals surface area contributed by atoms with Crippen molar-refractivity contribution in [3.8, 4) is 0 Å². The lowest BCUT2D eigenvalue weighted by Crippen LogP contribution is -2.26. The van der Waals surface area contributed by atoms with Gasteiger partial charge in [0.25, 0.3) is 0 Å². The maximum Gasteiger partial charge on any atom is 0.244 e. The summed E-state index contributed by atoms with van der Waals surface area (Å²) in [5.74, 6) is 0.518. The van der Waals surface area contributed by atoms with E-state index in [1.807, 2.05) is 19.2 Å². The summed E-state index contributed by atoms with van der Waals surface area (Å²) in [6, 6.07) is 3.54. The first-order chi connectivity index (χ1) is 9.19. The standard InChI is InChI=1S/C14H16N2O2S/c1-3-12(14-15-10(2)9-19-14)16-13(17)7-6-11-5-4-8-18-11/h4-9,12H,3H2,1-2H3,(H,16,17)/b7-6+/t12-/m0/s1. The van der Waals surface area contributed by atoms with Gasteiger partial charge in [-0.2, -0.15) is 0 Å². The summed E-state index contributed by atoms with van der Waals surface area (Å²) in [6.07, 6.45) is 5.51. The molecule has 0 saturated carbocycles. The van der Waals surface area contributed by atoms with E-state index in [1.54, 1.807) is 35.8 Å². The van der Waals surface area contributed by atoms with Crippen molar-refractivity contribution in [1.82, 2.24) is 10.3 Å². The summed E-state index contributed by atoms with van der Waals surface area (Å²) in [6.45, 7) is 3.98. The molecular formula is C14H16N2O2S. The van der Waals surface area contributed by atoms with Gasteiger partial charge in [-0.15, -0.1) is 11.3 Å². The number of furan rings is 1. The number of nitrogens with one attached hydrogen (secondary N) is 1. The maximum absolute atomic E-state index is 11.8. The molecule has 100 valence electrons. The van der Waals surface area contributed by atoms with Crippen LogP contribution in [0.2, 0.25) is 0 Å². The molecule has 2 rings (SSSR count). The van der Waals surface area contributed by atoms with Crippen LogP contribution in [0.1, 0.15) is 35.8 Å². The minimum absolute atomic E-state index is 0.0348. The molecule has 0 fully saturated rings. The normalized spacial score (nSPS) is 12.7. The van der Waals surface area contributed by atoms with Crippen molar-refractivity contribution in [1.29, 1.82) is 0 Å². The van der Waals surface area contributed by atoms with E-state index in [0.29, 0.717) is 5.76 Å². The zero-order chi connectivity index (χ0) is 13.7. The van der Waals surface area contributed by atoms with E-state index in [4.69, 9.17) is 4.42 Å². The van der Waals surface area contributed by atoms with Crippen LogP contribution in [0.25, 0.3) is 6.08 Å². The predicted octanol–water partition coefficient (Wildman–Crippen LogP) is 3.33. The van der Waals surface area contributed by atoms with Crippen molar-refractivity contribution < 1.29 is 9.21 Å². The van der Waals surface area contributed by atoms with Crippen molar-refractivity contribution in [2.24, 2.45) is 0 Å². The Balaban J connectivity index is 1.97. The van der Waals surface area contributed by atoms with Gasteiger partial charge in [-0.1, -0.05) is 6.92 Å². The fraction of sp³-hybridized carbons (Fsp3) is 0.286. The Morgan fingerprint density at radius 1 is 1.63 bits per heavy atom. The van der Waals surface area contributed by atoms with Crippen molar-refractivity contribution in [2.75, 3.05) is 0 Å². The van der Waals surface area contributed by atoms with E-state index in [1.165, 1.54) is 6.08 Å². The van der Waals surface area contributed by atoms with Gasteiger partial charge in [0.15, 0.2) is 0 Å². The van der Waals surface area contributed by atoms with Gasteiger partial charge in [-0.3, -0.25) is 4.79 Å². The molecule has 0 aliphatic carbocycles. The first-order valence-corrected chi connectivity index (χ1v) is 7.01. The third kappa shape index (κ3) is 3.79. The summed E-state index contributed by atoms with van der Waals surface area (Å²) in [5.41, 5.74) is 0.985. The highest BCUT2D eigenvalue weighted by atomic mass is 32.1. The number of nitrogens with zero attached hydrogens (tertiary/aromatic N) is 1. The van der Waals surface area contributed by atoms with Gasteiger partial charge in [0, 0.05) is 17.2 Å². The summed E-state index contributed by atoms with van der Waals surface area (Å²) in [5, 5.41) is 5.87. The second-order valence-corrected chi connectivity index (χ2v) is 5.03. The van der Waals surface area contributed by atoms with Crippen molar-refractivity contribution in [3.05, 3.63) is 46.3 Å². The lowest BCUT2D eigenvalue weighted by atomic mass is 10.2. The molecule has 2 aromatic rings. The highest BCUT2D eigenvalue weighted by Gasteiger charge is 2.14. The monoisotopic (exact) mass is 276 g/mol. The second kappa shape index (κ2) is 6.33. The minimum atomic E-state index is -0.142. The number of carbonyl (C=O) groups excluding carboxylic acids is 1. The van der Waals surface area contributed by atoms with Crippen LogP contribution in [-0.4, -0.2) is 10.9 Å². The molecule has 0 bridgehead atoms. The molecule has 2 heterocycles. The van der Waals surface area contributed by atoms with Gasteiger partial charge in [0.1, 0.15) is 10.8 Å². The molecule has 0 unspecified atom stereocenters. The number of hydrogen-bond acceptors (Lipinski definition) is 4. The first kappa shape index (κ1) is 13.5. The topological polar surface area (TPSA) is 55.1 Å². The number of amides is 1. The predicted molar refractivity (Wildman–Crippen MR) is 75.8 cm³/mol. The number of aromatic nitrogens is 1. The molecular weight excluding hydrogens is 260 g/mol. The third-order valence-corrected chi connectivity index (χ3v) is 3.68. The summed E-state index contributed by atoms with van der Waals surface area (Å²) in [4.78, 5) is 16.2. The highest BCUT2D eigenvalue weighted by Crippen LogP contribution is 2.20. The van der Waals surface area contributed by atoms with E-state index in [-0.39, 0.29) is 11.9 Å². The Morgan fingerprint density at radius 2 is 2.47 bits per heavy atom. The molecule has 1 amide bonds. The molecule has 0 aliphatic heterocycles. The zero-order valence-electron chi connectivity index (χ0n) is 10.9. The van der Waals surface area contributed by atoms with Crippen LogP contribution >= 0.6 is 11.3 Å². The summed E-state index contributed by atoms with van der Waals surface area (Å²) in [7, 11) is 0. The fourth-order valence-corrected chi connectivity index (χ4v) is 2.56. The Bertz CT molecular complexity index is 558. The molecule has 0 aromatic carbocycles. The first-order valence-electron chi connectivity index (χ1n) is 6.13. The van der Waals surface area contributed by atoms with Gasteiger partial charge in [-0.25, -0.2) is 4.98 Å². The van der Waals surface area contributed by atoms with Crippen molar-refractivity contribution in [2.45, 2.75) is 26.3 Å². The molecule has 19 heavy (non-hydrogen) atoms. The van der Waals surface area contributed by atoms with E-state index in [9.17, 15) is 4.79 Å². The molecule has 1 N–H and O–H groups in total. The summed E-state index contributed by atoms with van der Waals surface area (Å²) >= 11 is 1.57. The fourth-order valence-electron chi connectivity index (χ4n) is 1.63. The Labute approximate surface area is 116 Å². The molecule has 0 spiro atoms. The molecule has 0 saturated heterocycles. The molecule has 0 radical (unpaired) electrons. The number of thiazole rings is 1. The van der Waals surface area contributed by atoms with Gasteiger partial charge >= 0.3 is 0 Å². The number of aryl methyl sites for hydroxylation is 1. The van der Waals surface area contributed by atoms with E-state index in [2.05, 4.69) is 10.3 Å². The molecule has 1 atom stereocenters. The van der Waals surface area contributed by atoms with Crippen LogP contribution in [0.3, 0.4) is 0 Å². The van der Waals surface area contributed by atoms with E-state index < -0.39 is 0 Å². The SMILES string of the molecule is CC[C@H](NC(=O)/C=C/c1ccco1)c1nc(C)cs1. The number of hydrogen-bond donors (Lipinski definition) is 1. The Morgan fingerprint density at radius 3 is 3.05 bits per heavy atom. The summed E-state index contributed by atoms with van der Waals surface area (Å²) < 4.78 is 5.13. The average molecular weight is 276 g/mol. The maximum atomic E-state index is 11.8. The smallest absolute Gasteiger partial charge is 0.244 e. The van der Waals surface area contributed by atoms with Crippen LogP contribution < -0.4 is 5.32 Å². The van der Waals surface area contributed by atoms with E-state index in [0.717, 1.165) is 17.1 Å². The lowest BCUT2D eigenvalue weighted by molar-refractivity contribution is -0.117. The van der Waals surface area contributed by atoms with Crippen LogP contribution in [0.5, 0.6) is 0 Å².